The SMILES string of the molecule is CCC1(C)CN(c2ccc(Cl)cc2Br)C(C)CN1. The van der Waals surface area contributed by atoms with E-state index in [4.69, 9.17) is 11.6 Å². The van der Waals surface area contributed by atoms with Gasteiger partial charge in [-0.05, 0) is 54.4 Å². The van der Waals surface area contributed by atoms with E-state index in [2.05, 4.69) is 53.0 Å². The van der Waals surface area contributed by atoms with Crippen LogP contribution in [0.5, 0.6) is 0 Å². The molecule has 0 aromatic heterocycles. The summed E-state index contributed by atoms with van der Waals surface area (Å²) in [6.07, 6.45) is 1.13. The van der Waals surface area contributed by atoms with Crippen molar-refractivity contribution >= 4 is 33.2 Å². The van der Waals surface area contributed by atoms with Crippen LogP contribution in [0.3, 0.4) is 0 Å². The minimum Gasteiger partial charge on any atom is -0.365 e. The molecule has 2 atom stereocenters. The molecule has 18 heavy (non-hydrogen) atoms. The van der Waals surface area contributed by atoms with E-state index in [-0.39, 0.29) is 5.54 Å². The third kappa shape index (κ3) is 2.84. The number of nitrogens with zero attached hydrogens (tertiary/aromatic N) is 1. The Labute approximate surface area is 123 Å². The molecule has 0 saturated carbocycles. The highest BCUT2D eigenvalue weighted by atomic mass is 79.9. The van der Waals surface area contributed by atoms with Crippen molar-refractivity contribution in [3.63, 3.8) is 0 Å². The second-order valence-corrected chi connectivity index (χ2v) is 6.66. The van der Waals surface area contributed by atoms with Gasteiger partial charge in [0.25, 0.3) is 0 Å². The van der Waals surface area contributed by atoms with Crippen molar-refractivity contribution in [3.05, 3.63) is 27.7 Å². The van der Waals surface area contributed by atoms with Gasteiger partial charge in [0.15, 0.2) is 0 Å². The zero-order valence-electron chi connectivity index (χ0n) is 11.1. The molecule has 1 N–H and O–H groups in total. The molecule has 2 rings (SSSR count). The normalized spacial score (nSPS) is 28.5. The zero-order chi connectivity index (χ0) is 13.3. The maximum atomic E-state index is 6.01. The van der Waals surface area contributed by atoms with Gasteiger partial charge in [0.1, 0.15) is 0 Å². The number of hydrogen-bond acceptors (Lipinski definition) is 2. The summed E-state index contributed by atoms with van der Waals surface area (Å²) in [7, 11) is 0. The first-order valence-corrected chi connectivity index (χ1v) is 7.59. The van der Waals surface area contributed by atoms with Crippen LogP contribution in [0.15, 0.2) is 22.7 Å². The number of hydrogen-bond donors (Lipinski definition) is 1. The Morgan fingerprint density at radius 2 is 2.28 bits per heavy atom. The predicted molar refractivity (Wildman–Crippen MR) is 82.7 cm³/mol. The van der Waals surface area contributed by atoms with Gasteiger partial charge in [-0.1, -0.05) is 18.5 Å². The van der Waals surface area contributed by atoms with Crippen LogP contribution in [0.1, 0.15) is 27.2 Å². The molecule has 1 heterocycles. The summed E-state index contributed by atoms with van der Waals surface area (Å²) in [6, 6.07) is 6.51. The molecule has 0 spiro atoms. The fraction of sp³-hybridized carbons (Fsp3) is 0.571. The first-order chi connectivity index (χ1) is 8.45. The van der Waals surface area contributed by atoms with Gasteiger partial charge in [-0.15, -0.1) is 0 Å². The Bertz CT molecular complexity index is 438. The lowest BCUT2D eigenvalue weighted by Gasteiger charge is -2.46. The van der Waals surface area contributed by atoms with Crippen molar-refractivity contribution in [1.82, 2.24) is 5.32 Å². The van der Waals surface area contributed by atoms with Crippen LogP contribution >= 0.6 is 27.5 Å². The van der Waals surface area contributed by atoms with Crippen LogP contribution in [0, 0.1) is 0 Å². The summed E-state index contributed by atoms with van der Waals surface area (Å²) in [4.78, 5) is 2.46. The van der Waals surface area contributed by atoms with Crippen molar-refractivity contribution in [3.8, 4) is 0 Å². The van der Waals surface area contributed by atoms with Crippen molar-refractivity contribution in [2.75, 3.05) is 18.0 Å². The number of piperazine rings is 1. The monoisotopic (exact) mass is 330 g/mol. The number of benzene rings is 1. The molecule has 4 heteroatoms. The van der Waals surface area contributed by atoms with E-state index < -0.39 is 0 Å². The van der Waals surface area contributed by atoms with Crippen molar-refractivity contribution in [2.24, 2.45) is 0 Å². The molecule has 0 aliphatic carbocycles. The van der Waals surface area contributed by atoms with Crippen LogP contribution in [0.25, 0.3) is 0 Å². The number of halogens is 2. The molecule has 1 aliphatic heterocycles. The van der Waals surface area contributed by atoms with Crippen LogP contribution in [0.2, 0.25) is 5.02 Å². The molecular formula is C14H20BrClN2. The Morgan fingerprint density at radius 1 is 1.56 bits per heavy atom. The summed E-state index contributed by atoms with van der Waals surface area (Å²) < 4.78 is 1.07. The van der Waals surface area contributed by atoms with E-state index in [0.717, 1.165) is 29.0 Å². The third-order valence-corrected chi connectivity index (χ3v) is 4.75. The molecular weight excluding hydrogens is 312 g/mol. The maximum absolute atomic E-state index is 6.01. The molecule has 1 aliphatic rings. The van der Waals surface area contributed by atoms with Gasteiger partial charge < -0.3 is 10.2 Å². The predicted octanol–water partition coefficient (Wildman–Crippen LogP) is 4.07. The molecule has 0 bridgehead atoms. The smallest absolute Gasteiger partial charge is 0.0515 e. The Kier molecular flexibility index (Phi) is 4.25. The fourth-order valence-electron chi connectivity index (χ4n) is 2.37. The van der Waals surface area contributed by atoms with Gasteiger partial charge in [0, 0.05) is 34.2 Å². The van der Waals surface area contributed by atoms with Gasteiger partial charge in [-0.25, -0.2) is 0 Å². The van der Waals surface area contributed by atoms with Crippen LogP contribution in [-0.2, 0) is 0 Å². The molecule has 1 fully saturated rings. The first-order valence-electron chi connectivity index (χ1n) is 6.42. The van der Waals surface area contributed by atoms with Crippen molar-refractivity contribution in [2.45, 2.75) is 38.8 Å². The number of rotatable bonds is 2. The quantitative estimate of drug-likeness (QED) is 0.879. The lowest BCUT2D eigenvalue weighted by molar-refractivity contribution is 0.285. The van der Waals surface area contributed by atoms with Crippen molar-refractivity contribution < 1.29 is 0 Å². The molecule has 1 aromatic carbocycles. The van der Waals surface area contributed by atoms with Gasteiger partial charge >= 0.3 is 0 Å². The Morgan fingerprint density at radius 3 is 2.89 bits per heavy atom. The van der Waals surface area contributed by atoms with Gasteiger partial charge in [-0.2, -0.15) is 0 Å². The molecule has 100 valence electrons. The standard InChI is InChI=1S/C14H20BrClN2/c1-4-14(3)9-18(10(2)8-17-14)13-6-5-11(16)7-12(13)15/h5-7,10,17H,4,8-9H2,1-3H3. The number of nitrogens with one attached hydrogen (secondary N) is 1. The number of anilines is 1. The van der Waals surface area contributed by atoms with E-state index in [0.29, 0.717) is 6.04 Å². The second-order valence-electron chi connectivity index (χ2n) is 5.37. The summed E-state index contributed by atoms with van der Waals surface area (Å²) in [6.45, 7) is 8.81. The van der Waals surface area contributed by atoms with Gasteiger partial charge in [0.2, 0.25) is 0 Å². The highest BCUT2D eigenvalue weighted by Gasteiger charge is 2.33. The summed E-state index contributed by atoms with van der Waals surface area (Å²) >= 11 is 9.64. The highest BCUT2D eigenvalue weighted by Crippen LogP contribution is 2.33. The minimum atomic E-state index is 0.186. The van der Waals surface area contributed by atoms with Crippen LogP contribution in [0.4, 0.5) is 5.69 Å². The van der Waals surface area contributed by atoms with Gasteiger partial charge in [-0.3, -0.25) is 0 Å². The average Bonchev–Trinajstić information content (AvgIpc) is 2.33. The summed E-state index contributed by atoms with van der Waals surface area (Å²) in [5.41, 5.74) is 1.42. The van der Waals surface area contributed by atoms with Gasteiger partial charge in [0.05, 0.1) is 5.69 Å². The minimum absolute atomic E-state index is 0.186. The lowest BCUT2D eigenvalue weighted by Crippen LogP contribution is -2.62. The highest BCUT2D eigenvalue weighted by molar-refractivity contribution is 9.10. The van der Waals surface area contributed by atoms with E-state index in [1.807, 2.05) is 12.1 Å². The average molecular weight is 332 g/mol. The molecule has 1 aromatic rings. The van der Waals surface area contributed by atoms with Crippen LogP contribution in [-0.4, -0.2) is 24.7 Å². The molecule has 0 radical (unpaired) electrons. The van der Waals surface area contributed by atoms with Crippen LogP contribution < -0.4 is 10.2 Å². The largest absolute Gasteiger partial charge is 0.365 e. The molecule has 0 amide bonds. The summed E-state index contributed by atoms with van der Waals surface area (Å²) in [5, 5.41) is 4.41. The second kappa shape index (κ2) is 5.40. The van der Waals surface area contributed by atoms with Crippen molar-refractivity contribution in [1.29, 1.82) is 0 Å². The van der Waals surface area contributed by atoms with E-state index in [9.17, 15) is 0 Å². The fourth-order valence-corrected chi connectivity index (χ4v) is 3.28. The molecule has 2 unspecified atom stereocenters. The topological polar surface area (TPSA) is 15.3 Å². The molecule has 1 saturated heterocycles. The third-order valence-electron chi connectivity index (χ3n) is 3.88. The summed E-state index contributed by atoms with van der Waals surface area (Å²) in [5.74, 6) is 0. The maximum Gasteiger partial charge on any atom is 0.0515 e. The van der Waals surface area contributed by atoms with E-state index in [1.165, 1.54) is 5.69 Å². The Balaban J connectivity index is 2.30. The van der Waals surface area contributed by atoms with E-state index >= 15 is 0 Å². The first kappa shape index (κ1) is 14.2. The lowest BCUT2D eigenvalue weighted by atomic mass is 9.93. The zero-order valence-corrected chi connectivity index (χ0v) is 13.5. The van der Waals surface area contributed by atoms with E-state index in [1.54, 1.807) is 0 Å². The Hall–Kier alpha value is -0.250. The molecule has 2 nitrogen and oxygen atoms in total.